The van der Waals surface area contributed by atoms with E-state index in [9.17, 15) is 26.7 Å². The van der Waals surface area contributed by atoms with Gasteiger partial charge in [-0.1, -0.05) is 24.6 Å². The molecular weight excluding hydrogens is 506 g/mol. The number of likely N-dealkylation sites (N-methyl/N-ethyl adjacent to an activating group) is 1. The fourth-order valence-electron chi connectivity index (χ4n) is 3.96. The fraction of sp³-hybridized carbons (Fsp3) is 0.458. The number of hydrogen-bond donors (Lipinski definition) is 2. The number of nitrogens with one attached hydrogen (secondary N) is 1. The monoisotopic (exact) mass is 539 g/mol. The number of aryl methyl sites for hydroxylation is 1. The number of aliphatic hydroxyl groups is 1. The highest BCUT2D eigenvalue weighted by Gasteiger charge is 2.35. The molecule has 36 heavy (non-hydrogen) atoms. The molecule has 0 aromatic heterocycles. The Morgan fingerprint density at radius 2 is 1.81 bits per heavy atom. The van der Waals surface area contributed by atoms with Crippen LogP contribution in [-0.2, 0) is 20.0 Å². The van der Waals surface area contributed by atoms with Crippen molar-refractivity contribution in [1.82, 2.24) is 9.21 Å². The molecule has 3 rings (SSSR count). The maximum atomic E-state index is 13.4. The molecule has 0 fully saturated rings. The van der Waals surface area contributed by atoms with Gasteiger partial charge in [0.15, 0.2) is 0 Å². The molecular formula is C24H33N3O7S2. The molecule has 0 saturated carbocycles. The van der Waals surface area contributed by atoms with E-state index in [1.54, 1.807) is 31.2 Å². The van der Waals surface area contributed by atoms with Gasteiger partial charge in [-0.05, 0) is 44.2 Å². The molecule has 0 spiro atoms. The number of rotatable bonds is 8. The summed E-state index contributed by atoms with van der Waals surface area (Å²) >= 11 is 0. The minimum absolute atomic E-state index is 0.00962. The molecule has 1 aliphatic heterocycles. The predicted octanol–water partition coefficient (Wildman–Crippen LogP) is 1.91. The Morgan fingerprint density at radius 1 is 1.17 bits per heavy atom. The van der Waals surface area contributed by atoms with Crippen molar-refractivity contribution >= 4 is 31.6 Å². The molecule has 198 valence electrons. The molecule has 12 heteroatoms. The van der Waals surface area contributed by atoms with Gasteiger partial charge in [0.05, 0.1) is 35.9 Å². The lowest BCUT2D eigenvalue weighted by Crippen LogP contribution is -2.50. The molecule has 0 aliphatic carbocycles. The lowest BCUT2D eigenvalue weighted by atomic mass is 9.99. The maximum Gasteiger partial charge on any atom is 0.258 e. The highest BCUT2D eigenvalue weighted by atomic mass is 32.2. The SMILES string of the molecule is Cc1ccc(S(=O)(=O)N(C)C[C@@H]2Oc3ccc(NS(C)(=O)=O)cc3C(=O)N([C@H](C)CO)C[C@H]2C)cc1. The number of benzene rings is 2. The minimum Gasteiger partial charge on any atom is -0.488 e. The summed E-state index contributed by atoms with van der Waals surface area (Å²) in [4.78, 5) is 15.1. The van der Waals surface area contributed by atoms with Gasteiger partial charge in [0.25, 0.3) is 5.91 Å². The van der Waals surface area contributed by atoms with Crippen LogP contribution in [0.1, 0.15) is 29.8 Å². The molecule has 1 heterocycles. The number of amides is 1. The van der Waals surface area contributed by atoms with Crippen LogP contribution in [0.25, 0.3) is 0 Å². The summed E-state index contributed by atoms with van der Waals surface area (Å²) in [5.74, 6) is -0.512. The Kier molecular flexibility index (Phi) is 8.33. The molecule has 2 aromatic rings. The number of hydrogen-bond acceptors (Lipinski definition) is 7. The summed E-state index contributed by atoms with van der Waals surface area (Å²) in [6.45, 7) is 5.37. The van der Waals surface area contributed by atoms with Crippen LogP contribution in [0.3, 0.4) is 0 Å². The Bertz CT molecular complexity index is 1310. The van der Waals surface area contributed by atoms with Crippen molar-refractivity contribution in [1.29, 1.82) is 0 Å². The first kappa shape index (κ1) is 27.9. The lowest BCUT2D eigenvalue weighted by molar-refractivity contribution is 0.0387. The lowest BCUT2D eigenvalue weighted by Gasteiger charge is -2.38. The van der Waals surface area contributed by atoms with E-state index in [2.05, 4.69) is 4.72 Å². The molecule has 0 bridgehead atoms. The normalized spacial score (nSPS) is 19.8. The second-order valence-electron chi connectivity index (χ2n) is 9.31. The van der Waals surface area contributed by atoms with Gasteiger partial charge >= 0.3 is 0 Å². The largest absolute Gasteiger partial charge is 0.488 e. The van der Waals surface area contributed by atoms with E-state index in [0.717, 1.165) is 11.8 Å². The zero-order valence-corrected chi connectivity index (χ0v) is 22.6. The van der Waals surface area contributed by atoms with Crippen molar-refractivity contribution < 1.29 is 31.5 Å². The summed E-state index contributed by atoms with van der Waals surface area (Å²) in [5, 5.41) is 9.77. The topological polar surface area (TPSA) is 133 Å². The van der Waals surface area contributed by atoms with Gasteiger partial charge in [-0.2, -0.15) is 4.31 Å². The molecule has 0 radical (unpaired) electrons. The summed E-state index contributed by atoms with van der Waals surface area (Å²) in [6.07, 6.45) is 0.369. The van der Waals surface area contributed by atoms with E-state index in [4.69, 9.17) is 4.74 Å². The van der Waals surface area contributed by atoms with Gasteiger partial charge in [-0.25, -0.2) is 16.8 Å². The van der Waals surface area contributed by atoms with Crippen LogP contribution < -0.4 is 9.46 Å². The van der Waals surface area contributed by atoms with Crippen LogP contribution in [-0.4, -0.2) is 82.2 Å². The molecule has 0 unspecified atom stereocenters. The Balaban J connectivity index is 1.99. The van der Waals surface area contributed by atoms with E-state index >= 15 is 0 Å². The standard InChI is InChI=1S/C24H33N3O7S2/c1-16-6-9-20(10-7-16)36(32,33)26(4)14-23-17(2)13-27(18(3)15-28)24(29)21-12-19(25-35(5,30)31)8-11-22(21)34-23/h6-12,17-18,23,25,28H,13-15H2,1-5H3/t17-,18-,23+/m1/s1. The van der Waals surface area contributed by atoms with Crippen molar-refractivity contribution in [3.63, 3.8) is 0 Å². The van der Waals surface area contributed by atoms with Gasteiger partial charge in [-0.15, -0.1) is 0 Å². The first-order valence-electron chi connectivity index (χ1n) is 11.5. The zero-order valence-electron chi connectivity index (χ0n) is 21.0. The van der Waals surface area contributed by atoms with Crippen molar-refractivity contribution in [3.05, 3.63) is 53.6 Å². The molecule has 2 aromatic carbocycles. The number of fused-ring (bicyclic) bond motifs is 1. The quantitative estimate of drug-likeness (QED) is 0.523. The van der Waals surface area contributed by atoms with E-state index < -0.39 is 38.1 Å². The second kappa shape index (κ2) is 10.8. The van der Waals surface area contributed by atoms with Crippen LogP contribution in [0.15, 0.2) is 47.4 Å². The number of anilines is 1. The third-order valence-electron chi connectivity index (χ3n) is 6.13. The number of nitrogens with zero attached hydrogens (tertiary/aromatic N) is 2. The summed E-state index contributed by atoms with van der Waals surface area (Å²) in [6, 6.07) is 10.4. The zero-order chi connectivity index (χ0) is 26.8. The van der Waals surface area contributed by atoms with E-state index in [1.165, 1.54) is 34.5 Å². The summed E-state index contributed by atoms with van der Waals surface area (Å²) in [5.41, 5.74) is 1.25. The first-order chi connectivity index (χ1) is 16.7. The second-order valence-corrected chi connectivity index (χ2v) is 13.1. The highest BCUT2D eigenvalue weighted by molar-refractivity contribution is 7.92. The highest BCUT2D eigenvalue weighted by Crippen LogP contribution is 2.31. The van der Waals surface area contributed by atoms with Crippen LogP contribution >= 0.6 is 0 Å². The van der Waals surface area contributed by atoms with E-state index in [-0.39, 0.29) is 47.5 Å². The van der Waals surface area contributed by atoms with Crippen molar-refractivity contribution in [2.45, 2.75) is 37.8 Å². The third-order valence-corrected chi connectivity index (χ3v) is 8.58. The van der Waals surface area contributed by atoms with Gasteiger partial charge in [0.1, 0.15) is 11.9 Å². The third kappa shape index (κ3) is 6.36. The Hall–Kier alpha value is -2.67. The Labute approximate surface area is 213 Å². The van der Waals surface area contributed by atoms with Crippen molar-refractivity contribution in [3.8, 4) is 5.75 Å². The van der Waals surface area contributed by atoms with Crippen LogP contribution in [0.4, 0.5) is 5.69 Å². The van der Waals surface area contributed by atoms with Crippen molar-refractivity contribution in [2.24, 2.45) is 5.92 Å². The van der Waals surface area contributed by atoms with Gasteiger partial charge in [0.2, 0.25) is 20.0 Å². The number of carbonyl (C=O) groups excluding carboxylic acids is 1. The molecule has 3 atom stereocenters. The average molecular weight is 540 g/mol. The number of aliphatic hydroxyl groups excluding tert-OH is 1. The molecule has 10 nitrogen and oxygen atoms in total. The number of sulfonamides is 2. The number of ether oxygens (including phenoxy) is 1. The van der Waals surface area contributed by atoms with Crippen LogP contribution in [0, 0.1) is 12.8 Å². The van der Waals surface area contributed by atoms with E-state index in [1.807, 2.05) is 13.8 Å². The fourth-order valence-corrected chi connectivity index (χ4v) is 5.70. The summed E-state index contributed by atoms with van der Waals surface area (Å²) in [7, 11) is -5.90. The minimum atomic E-state index is -3.79. The average Bonchev–Trinajstić information content (AvgIpc) is 2.80. The van der Waals surface area contributed by atoms with Crippen molar-refractivity contribution in [2.75, 3.05) is 37.7 Å². The van der Waals surface area contributed by atoms with Crippen LogP contribution in [0.5, 0.6) is 5.75 Å². The maximum absolute atomic E-state index is 13.4. The molecule has 0 saturated heterocycles. The molecule has 1 amide bonds. The molecule has 1 aliphatic rings. The number of carbonyl (C=O) groups is 1. The summed E-state index contributed by atoms with van der Waals surface area (Å²) < 4.78 is 59.5. The van der Waals surface area contributed by atoms with Gasteiger partial charge in [0, 0.05) is 25.2 Å². The predicted molar refractivity (Wildman–Crippen MR) is 137 cm³/mol. The first-order valence-corrected chi connectivity index (χ1v) is 14.8. The smallest absolute Gasteiger partial charge is 0.258 e. The Morgan fingerprint density at radius 3 is 2.39 bits per heavy atom. The van der Waals surface area contributed by atoms with Gasteiger partial charge < -0.3 is 14.7 Å². The van der Waals surface area contributed by atoms with Gasteiger partial charge in [-0.3, -0.25) is 9.52 Å². The van der Waals surface area contributed by atoms with Crippen LogP contribution in [0.2, 0.25) is 0 Å². The molecule has 2 N–H and O–H groups in total. The van der Waals surface area contributed by atoms with E-state index in [0.29, 0.717) is 0 Å².